The number of benzene rings is 1. The molecule has 1 unspecified atom stereocenters. The van der Waals surface area contributed by atoms with E-state index in [9.17, 15) is 9.00 Å². The van der Waals surface area contributed by atoms with Gasteiger partial charge in [-0.3, -0.25) is 13.5 Å². The maximum absolute atomic E-state index is 10.8. The molecule has 1 aromatic carbocycles. The third-order valence-electron chi connectivity index (χ3n) is 1.64. The average Bonchev–Trinajstić information content (AvgIpc) is 2.15. The largest absolute Gasteiger partial charge is 0.326 e. The van der Waals surface area contributed by atoms with Gasteiger partial charge < -0.3 is 5.32 Å². The molecule has 0 aromatic heterocycles. The molecule has 0 spiro atoms. The standard InChI is InChI=1S/C9H11NO4S/c1-7(11)10-9-5-3-2-4-8(9)6-14-15(12)13/h2-5H,6H2,1H3,(H,10,11)(H,12,13). The fraction of sp³-hybridized carbons (Fsp3) is 0.222. The van der Waals surface area contributed by atoms with Crippen LogP contribution in [0.1, 0.15) is 12.5 Å². The smallest absolute Gasteiger partial charge is 0.302 e. The molecule has 15 heavy (non-hydrogen) atoms. The lowest BCUT2D eigenvalue weighted by Gasteiger charge is -2.08. The van der Waals surface area contributed by atoms with Crippen LogP contribution in [0.4, 0.5) is 5.69 Å². The van der Waals surface area contributed by atoms with E-state index in [4.69, 9.17) is 4.55 Å². The van der Waals surface area contributed by atoms with Crippen molar-refractivity contribution in [3.8, 4) is 0 Å². The number of carbonyl (C=O) groups is 1. The molecule has 0 bridgehead atoms. The Bertz CT molecular complexity index is 380. The molecule has 0 aliphatic carbocycles. The van der Waals surface area contributed by atoms with Gasteiger partial charge in [0.1, 0.15) is 0 Å². The van der Waals surface area contributed by atoms with Crippen LogP contribution in [0.15, 0.2) is 24.3 Å². The van der Waals surface area contributed by atoms with Crippen LogP contribution >= 0.6 is 0 Å². The van der Waals surface area contributed by atoms with Gasteiger partial charge in [0.15, 0.2) is 0 Å². The predicted octanol–water partition coefficient (Wildman–Crippen LogP) is 1.30. The molecular weight excluding hydrogens is 218 g/mol. The predicted molar refractivity (Wildman–Crippen MR) is 56.3 cm³/mol. The molecule has 82 valence electrons. The molecule has 5 nitrogen and oxygen atoms in total. The minimum atomic E-state index is -2.30. The highest BCUT2D eigenvalue weighted by Gasteiger charge is 2.04. The van der Waals surface area contributed by atoms with Gasteiger partial charge in [-0.15, -0.1) is 0 Å². The Morgan fingerprint density at radius 3 is 2.80 bits per heavy atom. The Balaban J connectivity index is 2.76. The summed E-state index contributed by atoms with van der Waals surface area (Å²) in [5, 5.41) is 2.60. The second-order valence-corrected chi connectivity index (χ2v) is 3.49. The summed E-state index contributed by atoms with van der Waals surface area (Å²) in [5.74, 6) is -0.201. The average molecular weight is 229 g/mol. The summed E-state index contributed by atoms with van der Waals surface area (Å²) in [6, 6.07) is 6.91. The number of para-hydroxylation sites is 1. The lowest BCUT2D eigenvalue weighted by Crippen LogP contribution is -2.08. The van der Waals surface area contributed by atoms with Crippen LogP contribution in [0.25, 0.3) is 0 Å². The summed E-state index contributed by atoms with van der Waals surface area (Å²) in [4.78, 5) is 10.8. The van der Waals surface area contributed by atoms with Crippen molar-refractivity contribution in [3.05, 3.63) is 29.8 Å². The molecule has 1 rings (SSSR count). The number of amides is 1. The summed E-state index contributed by atoms with van der Waals surface area (Å²) >= 11 is -2.30. The molecule has 1 atom stereocenters. The minimum absolute atomic E-state index is 0.0282. The molecule has 0 radical (unpaired) electrons. The van der Waals surface area contributed by atoms with E-state index in [1.54, 1.807) is 24.3 Å². The van der Waals surface area contributed by atoms with Crippen LogP contribution < -0.4 is 5.32 Å². The normalized spacial score (nSPS) is 12.1. The van der Waals surface area contributed by atoms with E-state index < -0.39 is 11.4 Å². The molecule has 1 amide bonds. The maximum atomic E-state index is 10.8. The van der Waals surface area contributed by atoms with Crippen molar-refractivity contribution in [1.29, 1.82) is 0 Å². The number of nitrogens with one attached hydrogen (secondary N) is 1. The topological polar surface area (TPSA) is 75.6 Å². The highest BCUT2D eigenvalue weighted by molar-refractivity contribution is 7.74. The second kappa shape index (κ2) is 5.59. The van der Waals surface area contributed by atoms with Gasteiger partial charge in [-0.2, -0.15) is 4.21 Å². The van der Waals surface area contributed by atoms with Crippen molar-refractivity contribution in [2.24, 2.45) is 0 Å². The summed E-state index contributed by atoms with van der Waals surface area (Å²) in [5.41, 5.74) is 1.23. The number of hydrogen-bond acceptors (Lipinski definition) is 3. The minimum Gasteiger partial charge on any atom is -0.326 e. The van der Waals surface area contributed by atoms with Gasteiger partial charge in [-0.25, -0.2) is 0 Å². The SMILES string of the molecule is CC(=O)Nc1ccccc1COS(=O)O. The zero-order chi connectivity index (χ0) is 11.3. The molecular formula is C9H11NO4S. The van der Waals surface area contributed by atoms with Crippen molar-refractivity contribution in [1.82, 2.24) is 0 Å². The van der Waals surface area contributed by atoms with Crippen molar-refractivity contribution >= 4 is 23.0 Å². The Hall–Kier alpha value is -1.24. The number of hydrogen-bond donors (Lipinski definition) is 2. The zero-order valence-electron chi connectivity index (χ0n) is 8.10. The first-order chi connectivity index (χ1) is 7.09. The molecule has 0 saturated carbocycles. The Morgan fingerprint density at radius 1 is 1.53 bits per heavy atom. The Kier molecular flexibility index (Phi) is 4.41. The van der Waals surface area contributed by atoms with E-state index in [0.29, 0.717) is 11.3 Å². The van der Waals surface area contributed by atoms with Gasteiger partial charge in [-0.1, -0.05) is 18.2 Å². The van der Waals surface area contributed by atoms with Crippen LogP contribution in [0, 0.1) is 0 Å². The van der Waals surface area contributed by atoms with E-state index in [0.717, 1.165) is 0 Å². The first kappa shape index (κ1) is 11.8. The third kappa shape index (κ3) is 4.20. The van der Waals surface area contributed by atoms with Gasteiger partial charge in [-0.05, 0) is 6.07 Å². The van der Waals surface area contributed by atoms with Crippen molar-refractivity contribution in [2.45, 2.75) is 13.5 Å². The van der Waals surface area contributed by atoms with Crippen LogP contribution in [0.3, 0.4) is 0 Å². The van der Waals surface area contributed by atoms with Crippen LogP contribution in [-0.2, 0) is 26.9 Å². The van der Waals surface area contributed by atoms with Gasteiger partial charge in [0.05, 0.1) is 6.61 Å². The fourth-order valence-corrected chi connectivity index (χ4v) is 1.30. The molecule has 0 aliphatic rings. The van der Waals surface area contributed by atoms with Crippen LogP contribution in [0.2, 0.25) is 0 Å². The number of carbonyl (C=O) groups excluding carboxylic acids is 1. The Labute approximate surface area is 89.9 Å². The van der Waals surface area contributed by atoms with Gasteiger partial charge >= 0.3 is 11.4 Å². The molecule has 0 aliphatic heterocycles. The van der Waals surface area contributed by atoms with Gasteiger partial charge in [0.25, 0.3) is 0 Å². The third-order valence-corrected chi connectivity index (χ3v) is 1.96. The maximum Gasteiger partial charge on any atom is 0.302 e. The lowest BCUT2D eigenvalue weighted by molar-refractivity contribution is -0.114. The second-order valence-electron chi connectivity index (χ2n) is 2.82. The molecule has 0 fully saturated rings. The Morgan fingerprint density at radius 2 is 2.20 bits per heavy atom. The van der Waals surface area contributed by atoms with E-state index in [-0.39, 0.29) is 12.5 Å². The highest BCUT2D eigenvalue weighted by Crippen LogP contribution is 2.16. The van der Waals surface area contributed by atoms with E-state index >= 15 is 0 Å². The first-order valence-corrected chi connectivity index (χ1v) is 5.22. The van der Waals surface area contributed by atoms with Gasteiger partial charge in [0.2, 0.25) is 5.91 Å². The van der Waals surface area contributed by atoms with E-state index in [2.05, 4.69) is 9.50 Å². The summed E-state index contributed by atoms with van der Waals surface area (Å²) < 4.78 is 23.3. The summed E-state index contributed by atoms with van der Waals surface area (Å²) in [6.45, 7) is 1.36. The lowest BCUT2D eigenvalue weighted by atomic mass is 10.2. The molecule has 0 heterocycles. The van der Waals surface area contributed by atoms with Crippen LogP contribution in [-0.4, -0.2) is 14.7 Å². The molecule has 0 saturated heterocycles. The molecule has 1 aromatic rings. The monoisotopic (exact) mass is 229 g/mol. The molecule has 6 heteroatoms. The molecule has 2 N–H and O–H groups in total. The van der Waals surface area contributed by atoms with Crippen molar-refractivity contribution < 1.29 is 17.7 Å². The fourth-order valence-electron chi connectivity index (χ4n) is 1.07. The first-order valence-electron chi connectivity index (χ1n) is 4.19. The highest BCUT2D eigenvalue weighted by atomic mass is 32.2. The van der Waals surface area contributed by atoms with Gasteiger partial charge in [0, 0.05) is 18.2 Å². The van der Waals surface area contributed by atoms with Crippen LogP contribution in [0.5, 0.6) is 0 Å². The van der Waals surface area contributed by atoms with E-state index in [1.807, 2.05) is 0 Å². The number of rotatable bonds is 4. The van der Waals surface area contributed by atoms with Crippen molar-refractivity contribution in [3.63, 3.8) is 0 Å². The zero-order valence-corrected chi connectivity index (χ0v) is 8.91. The number of anilines is 1. The van der Waals surface area contributed by atoms with E-state index in [1.165, 1.54) is 6.92 Å². The quantitative estimate of drug-likeness (QED) is 0.763. The summed E-state index contributed by atoms with van der Waals surface area (Å²) in [7, 11) is 0. The summed E-state index contributed by atoms with van der Waals surface area (Å²) in [6.07, 6.45) is 0. The van der Waals surface area contributed by atoms with Crippen molar-refractivity contribution in [2.75, 3.05) is 5.32 Å².